The number of benzene rings is 3. The predicted octanol–water partition coefficient (Wildman–Crippen LogP) is 6.04. The second-order valence-electron chi connectivity index (χ2n) is 14.1. The van der Waals surface area contributed by atoms with Gasteiger partial charge in [-0.3, -0.25) is 4.90 Å². The van der Waals surface area contributed by atoms with Gasteiger partial charge in [0.25, 0.3) is 8.32 Å². The minimum Gasteiger partial charge on any atom is -0.444 e. The van der Waals surface area contributed by atoms with Crippen molar-refractivity contribution in [3.05, 3.63) is 96.6 Å². The fraction of sp³-hybridized carbons (Fsp3) is 0.457. The Kier molecular flexibility index (Phi) is 7.16. The molecule has 0 aromatic heterocycles. The highest BCUT2D eigenvalue weighted by Gasteiger charge is 2.64. The zero-order valence-electron chi connectivity index (χ0n) is 25.2. The Bertz CT molecular complexity index is 1310. The van der Waals surface area contributed by atoms with Gasteiger partial charge in [-0.25, -0.2) is 4.79 Å². The van der Waals surface area contributed by atoms with Gasteiger partial charge in [-0.2, -0.15) is 0 Å². The van der Waals surface area contributed by atoms with E-state index < -0.39 is 13.9 Å². The molecule has 1 amide bonds. The number of fused-ring (bicyclic) bond motifs is 2. The van der Waals surface area contributed by atoms with Crippen molar-refractivity contribution in [1.29, 1.82) is 0 Å². The quantitative estimate of drug-likeness (QED) is 0.381. The van der Waals surface area contributed by atoms with Gasteiger partial charge in [0, 0.05) is 6.04 Å². The number of carbonyl (C=O) groups excluding carboxylic acids is 1. The van der Waals surface area contributed by atoms with Crippen molar-refractivity contribution in [3.63, 3.8) is 0 Å². The number of amides is 1. The summed E-state index contributed by atoms with van der Waals surface area (Å²) in [5.41, 5.74) is 0.762. The lowest BCUT2D eigenvalue weighted by Gasteiger charge is -2.46. The Morgan fingerprint density at radius 1 is 0.780 bits per heavy atom. The number of piperidine rings is 2. The molecule has 3 aromatic carbocycles. The highest BCUT2D eigenvalue weighted by atomic mass is 28.4. The zero-order valence-corrected chi connectivity index (χ0v) is 26.2. The van der Waals surface area contributed by atoms with Crippen LogP contribution in [0.3, 0.4) is 0 Å². The first-order valence-electron chi connectivity index (χ1n) is 15.1. The summed E-state index contributed by atoms with van der Waals surface area (Å²) in [7, 11) is -2.85. The number of rotatable bonds is 5. The first kappa shape index (κ1) is 28.2. The summed E-state index contributed by atoms with van der Waals surface area (Å²) < 4.78 is 13.8. The molecule has 6 heteroatoms. The zero-order chi connectivity index (χ0) is 29.0. The van der Waals surface area contributed by atoms with Crippen molar-refractivity contribution in [1.82, 2.24) is 10.2 Å². The lowest BCUT2D eigenvalue weighted by atomic mass is 9.79. The van der Waals surface area contributed by atoms with Crippen LogP contribution in [0.2, 0.25) is 5.04 Å². The van der Waals surface area contributed by atoms with E-state index in [1.807, 2.05) is 25.7 Å². The number of hydrogen-bond acceptors (Lipinski definition) is 4. The summed E-state index contributed by atoms with van der Waals surface area (Å²) in [5.74, 6) is 0.426. The standard InChI is InChI=1S/C35H44N2O3Si/c1-34(2,3)39-33(38)37-28-22-25-23-29(37)32(31(28)36-30(25)24-16-10-7-11-17-24)40-41(35(4,5)6,26-18-12-8-13-19-26)27-20-14-9-15-21-27/h7-21,25,28-32,36H,22-23H2,1-6H3/t25?,28?,29?,30?,31?,32-/m0/s1. The fourth-order valence-corrected chi connectivity index (χ4v) is 12.5. The van der Waals surface area contributed by atoms with Crippen molar-refractivity contribution in [3.8, 4) is 0 Å². The molecule has 3 bridgehead atoms. The third-order valence-corrected chi connectivity index (χ3v) is 14.3. The van der Waals surface area contributed by atoms with E-state index in [4.69, 9.17) is 9.16 Å². The van der Waals surface area contributed by atoms with Crippen molar-refractivity contribution in [2.75, 3.05) is 0 Å². The van der Waals surface area contributed by atoms with Crippen molar-refractivity contribution in [2.24, 2.45) is 5.92 Å². The average Bonchev–Trinajstić information content (AvgIpc) is 3.03. The number of nitrogens with zero attached hydrogens (tertiary/aromatic N) is 1. The molecule has 216 valence electrons. The van der Waals surface area contributed by atoms with E-state index in [-0.39, 0.29) is 41.4 Å². The maximum Gasteiger partial charge on any atom is 0.410 e. The fourth-order valence-electron chi connectivity index (χ4n) is 7.74. The van der Waals surface area contributed by atoms with Gasteiger partial charge in [0.1, 0.15) is 5.60 Å². The SMILES string of the molecule is CC(C)(C)OC(=O)N1C2CC3CC1[C@H](O[Si](c1ccccc1)(c1ccccc1)C(C)(C)C)C2NC3c1ccccc1. The van der Waals surface area contributed by atoms with Crippen molar-refractivity contribution < 1.29 is 14.0 Å². The first-order valence-corrected chi connectivity index (χ1v) is 17.0. The molecule has 41 heavy (non-hydrogen) atoms. The van der Waals surface area contributed by atoms with Gasteiger partial charge in [-0.1, -0.05) is 112 Å². The normalized spacial score (nSPS) is 27.6. The Labute approximate surface area is 246 Å². The molecule has 0 saturated carbocycles. The molecule has 3 saturated heterocycles. The maximum absolute atomic E-state index is 13.8. The molecule has 3 aromatic rings. The second-order valence-corrected chi connectivity index (χ2v) is 18.3. The molecular weight excluding hydrogens is 524 g/mol. The minimum atomic E-state index is -2.85. The molecule has 6 rings (SSSR count). The minimum absolute atomic E-state index is 0.0122. The summed E-state index contributed by atoms with van der Waals surface area (Å²) in [6.45, 7) is 12.8. The number of hydrogen-bond donors (Lipinski definition) is 1. The van der Waals surface area contributed by atoms with Crippen LogP contribution in [0.25, 0.3) is 0 Å². The molecule has 5 nitrogen and oxygen atoms in total. The van der Waals surface area contributed by atoms with Crippen LogP contribution in [0.1, 0.15) is 66.0 Å². The Balaban J connectivity index is 1.47. The van der Waals surface area contributed by atoms with Crippen LogP contribution in [0.5, 0.6) is 0 Å². The third kappa shape index (κ3) is 4.94. The lowest BCUT2D eigenvalue weighted by molar-refractivity contribution is -0.0115. The highest BCUT2D eigenvalue weighted by molar-refractivity contribution is 6.99. The highest BCUT2D eigenvalue weighted by Crippen LogP contribution is 2.51. The number of carbonyl (C=O) groups is 1. The average molecular weight is 569 g/mol. The Morgan fingerprint density at radius 3 is 1.80 bits per heavy atom. The van der Waals surface area contributed by atoms with Gasteiger partial charge in [0.2, 0.25) is 0 Å². The smallest absolute Gasteiger partial charge is 0.410 e. The molecule has 3 aliphatic heterocycles. The summed E-state index contributed by atoms with van der Waals surface area (Å²) in [5, 5.41) is 6.42. The van der Waals surface area contributed by atoms with Gasteiger partial charge in [0.15, 0.2) is 0 Å². The van der Waals surface area contributed by atoms with Gasteiger partial charge >= 0.3 is 6.09 Å². The summed E-state index contributed by atoms with van der Waals surface area (Å²) >= 11 is 0. The summed E-state index contributed by atoms with van der Waals surface area (Å²) in [4.78, 5) is 15.8. The molecule has 3 fully saturated rings. The van der Waals surface area contributed by atoms with Gasteiger partial charge in [-0.15, -0.1) is 0 Å². The number of ether oxygens (including phenoxy) is 1. The molecule has 1 N–H and O–H groups in total. The van der Waals surface area contributed by atoms with Crippen molar-refractivity contribution >= 4 is 24.8 Å². The van der Waals surface area contributed by atoms with Crippen LogP contribution < -0.4 is 15.7 Å². The summed E-state index contributed by atoms with van der Waals surface area (Å²) in [6.07, 6.45) is 1.47. The van der Waals surface area contributed by atoms with E-state index in [0.717, 1.165) is 12.8 Å². The molecule has 6 atom stereocenters. The van der Waals surface area contributed by atoms with Crippen LogP contribution in [-0.2, 0) is 9.16 Å². The van der Waals surface area contributed by atoms with E-state index in [0.29, 0.717) is 5.92 Å². The van der Waals surface area contributed by atoms with Gasteiger partial charge < -0.3 is 14.5 Å². The van der Waals surface area contributed by atoms with Crippen LogP contribution in [0.4, 0.5) is 4.79 Å². The molecule has 5 unspecified atom stereocenters. The lowest BCUT2D eigenvalue weighted by Crippen LogP contribution is -2.69. The maximum atomic E-state index is 13.8. The van der Waals surface area contributed by atoms with E-state index in [1.54, 1.807) is 0 Å². The topological polar surface area (TPSA) is 50.8 Å². The van der Waals surface area contributed by atoms with E-state index >= 15 is 0 Å². The predicted molar refractivity (Wildman–Crippen MR) is 167 cm³/mol. The number of nitrogens with one attached hydrogen (secondary N) is 1. The Hall–Kier alpha value is -2.93. The van der Waals surface area contributed by atoms with Crippen LogP contribution in [0.15, 0.2) is 91.0 Å². The summed E-state index contributed by atoms with van der Waals surface area (Å²) in [6, 6.07) is 32.7. The third-order valence-electron chi connectivity index (χ3n) is 9.29. The second kappa shape index (κ2) is 10.4. The van der Waals surface area contributed by atoms with Crippen LogP contribution >= 0.6 is 0 Å². The molecule has 3 heterocycles. The first-order chi connectivity index (χ1) is 19.5. The van der Waals surface area contributed by atoms with Crippen LogP contribution in [0, 0.1) is 5.92 Å². The van der Waals surface area contributed by atoms with Gasteiger partial charge in [0.05, 0.1) is 24.2 Å². The Morgan fingerprint density at radius 2 is 1.29 bits per heavy atom. The molecule has 0 radical (unpaired) electrons. The monoisotopic (exact) mass is 568 g/mol. The van der Waals surface area contributed by atoms with Crippen LogP contribution in [-0.4, -0.2) is 49.1 Å². The molecule has 0 spiro atoms. The van der Waals surface area contributed by atoms with Crippen molar-refractivity contribution in [2.45, 2.75) is 95.3 Å². The molecular formula is C35H44N2O3Si. The van der Waals surface area contributed by atoms with E-state index in [9.17, 15) is 4.79 Å². The van der Waals surface area contributed by atoms with E-state index in [1.165, 1.54) is 15.9 Å². The van der Waals surface area contributed by atoms with Gasteiger partial charge in [-0.05, 0) is 60.5 Å². The molecule has 3 aliphatic rings. The largest absolute Gasteiger partial charge is 0.444 e. The molecule has 0 aliphatic carbocycles. The van der Waals surface area contributed by atoms with E-state index in [2.05, 4.69) is 117 Å².